The van der Waals surface area contributed by atoms with Gasteiger partial charge < -0.3 is 10.1 Å². The quantitative estimate of drug-likeness (QED) is 0.932. The molecule has 7 heteroatoms. The third kappa shape index (κ3) is 3.98. The van der Waals surface area contributed by atoms with Gasteiger partial charge in [-0.15, -0.1) is 0 Å². The first-order chi connectivity index (χ1) is 11.0. The van der Waals surface area contributed by atoms with Gasteiger partial charge in [0.2, 0.25) is 5.95 Å². The van der Waals surface area contributed by atoms with E-state index in [0.717, 1.165) is 17.8 Å². The van der Waals surface area contributed by atoms with E-state index in [1.807, 2.05) is 30.3 Å². The number of anilines is 1. The van der Waals surface area contributed by atoms with Crippen molar-refractivity contribution in [3.8, 4) is 0 Å². The summed E-state index contributed by atoms with van der Waals surface area (Å²) in [7, 11) is 0. The summed E-state index contributed by atoms with van der Waals surface area (Å²) in [5.74, 6) is -0.00135. The van der Waals surface area contributed by atoms with Gasteiger partial charge in [-0.05, 0) is 24.5 Å². The van der Waals surface area contributed by atoms with Gasteiger partial charge in [0, 0.05) is 18.8 Å². The number of hydrogen-bond donors (Lipinski definition) is 1. The lowest BCUT2D eigenvalue weighted by Crippen LogP contribution is -2.31. The molecule has 0 saturated carbocycles. The van der Waals surface area contributed by atoms with Crippen molar-refractivity contribution >= 4 is 5.95 Å². The van der Waals surface area contributed by atoms with Crippen molar-refractivity contribution in [2.24, 2.45) is 0 Å². The first-order valence-electron chi connectivity index (χ1n) is 7.36. The maximum atomic E-state index is 12.7. The third-order valence-electron chi connectivity index (χ3n) is 3.73. The summed E-state index contributed by atoms with van der Waals surface area (Å²) in [5.41, 5.74) is 0.116. The monoisotopic (exact) mass is 323 g/mol. The molecule has 2 atom stereocenters. The first-order valence-corrected chi connectivity index (χ1v) is 7.36. The minimum absolute atomic E-state index is 0.00135. The molecule has 1 N–H and O–H groups in total. The van der Waals surface area contributed by atoms with Crippen LogP contribution in [0.5, 0.6) is 0 Å². The van der Waals surface area contributed by atoms with Gasteiger partial charge in [-0.2, -0.15) is 13.2 Å². The Hall–Kier alpha value is -2.15. The number of nitrogens with one attached hydrogen (secondary N) is 1. The second kappa shape index (κ2) is 6.54. The zero-order chi connectivity index (χ0) is 16.3. The van der Waals surface area contributed by atoms with Crippen LogP contribution in [0.4, 0.5) is 19.1 Å². The van der Waals surface area contributed by atoms with Gasteiger partial charge in [0.1, 0.15) is 5.69 Å². The van der Waals surface area contributed by atoms with Crippen LogP contribution in [-0.4, -0.2) is 22.6 Å². The SMILES string of the molecule is FC(F)(F)c1ccnc(N[C@@H]2CCO[C@@H](c3ccccc3)C2)n1. The van der Waals surface area contributed by atoms with Crippen LogP contribution in [0.1, 0.15) is 30.2 Å². The van der Waals surface area contributed by atoms with Crippen molar-refractivity contribution in [1.29, 1.82) is 0 Å². The molecular weight excluding hydrogens is 307 g/mol. The molecule has 122 valence electrons. The van der Waals surface area contributed by atoms with Crippen LogP contribution in [0.25, 0.3) is 0 Å². The predicted octanol–water partition coefficient (Wildman–Crippen LogP) is 3.83. The molecule has 0 aliphatic carbocycles. The smallest absolute Gasteiger partial charge is 0.373 e. The van der Waals surface area contributed by atoms with E-state index in [-0.39, 0.29) is 18.1 Å². The van der Waals surface area contributed by atoms with Gasteiger partial charge >= 0.3 is 6.18 Å². The number of nitrogens with zero attached hydrogens (tertiary/aromatic N) is 2. The molecule has 4 nitrogen and oxygen atoms in total. The van der Waals surface area contributed by atoms with Crippen LogP contribution >= 0.6 is 0 Å². The Morgan fingerprint density at radius 1 is 1.13 bits per heavy atom. The minimum atomic E-state index is -4.47. The van der Waals surface area contributed by atoms with Crippen LogP contribution in [0.2, 0.25) is 0 Å². The lowest BCUT2D eigenvalue weighted by Gasteiger charge is -2.30. The first kappa shape index (κ1) is 15.7. The van der Waals surface area contributed by atoms with Gasteiger partial charge in [-0.25, -0.2) is 9.97 Å². The van der Waals surface area contributed by atoms with E-state index in [1.165, 1.54) is 0 Å². The number of aromatic nitrogens is 2. The number of benzene rings is 1. The molecule has 0 radical (unpaired) electrons. The fourth-order valence-corrected chi connectivity index (χ4v) is 2.60. The maximum Gasteiger partial charge on any atom is 0.433 e. The predicted molar refractivity (Wildman–Crippen MR) is 78.8 cm³/mol. The molecular formula is C16H16F3N3O. The normalized spacial score (nSPS) is 21.9. The summed E-state index contributed by atoms with van der Waals surface area (Å²) < 4.78 is 43.8. The molecule has 0 amide bonds. The number of rotatable bonds is 3. The Balaban J connectivity index is 1.68. The molecule has 1 aliphatic rings. The van der Waals surface area contributed by atoms with Crippen LogP contribution in [0.15, 0.2) is 42.6 Å². The van der Waals surface area contributed by atoms with E-state index in [9.17, 15) is 13.2 Å². The van der Waals surface area contributed by atoms with E-state index >= 15 is 0 Å². The average molecular weight is 323 g/mol. The minimum Gasteiger partial charge on any atom is -0.373 e. The van der Waals surface area contributed by atoms with E-state index in [0.29, 0.717) is 19.4 Å². The maximum absolute atomic E-state index is 12.7. The summed E-state index contributed by atoms with van der Waals surface area (Å²) in [6, 6.07) is 10.6. The standard InChI is InChI=1S/C16H16F3N3O/c17-16(18,19)14-6-8-20-15(22-14)21-12-7-9-23-13(10-12)11-4-2-1-3-5-11/h1-6,8,12-13H,7,9-10H2,(H,20,21,22)/t12-,13-/m1/s1. The second-order valence-electron chi connectivity index (χ2n) is 5.40. The molecule has 2 aromatic rings. The molecule has 3 rings (SSSR count). The number of alkyl halides is 3. The molecule has 0 spiro atoms. The van der Waals surface area contributed by atoms with E-state index in [2.05, 4.69) is 15.3 Å². The summed E-state index contributed by atoms with van der Waals surface area (Å²) in [5, 5.41) is 2.99. The fraction of sp³-hybridized carbons (Fsp3) is 0.375. The second-order valence-corrected chi connectivity index (χ2v) is 5.40. The molecule has 2 heterocycles. The molecule has 23 heavy (non-hydrogen) atoms. The summed E-state index contributed by atoms with van der Waals surface area (Å²) >= 11 is 0. The fourth-order valence-electron chi connectivity index (χ4n) is 2.60. The number of halogens is 3. The third-order valence-corrected chi connectivity index (χ3v) is 3.73. The zero-order valence-corrected chi connectivity index (χ0v) is 12.3. The highest BCUT2D eigenvalue weighted by Crippen LogP contribution is 2.30. The van der Waals surface area contributed by atoms with Crippen molar-refractivity contribution in [2.45, 2.75) is 31.2 Å². The van der Waals surface area contributed by atoms with Crippen molar-refractivity contribution in [1.82, 2.24) is 9.97 Å². The Labute approximate surface area is 131 Å². The van der Waals surface area contributed by atoms with Crippen molar-refractivity contribution in [3.63, 3.8) is 0 Å². The average Bonchev–Trinajstić information content (AvgIpc) is 2.55. The number of ether oxygens (including phenoxy) is 1. The lowest BCUT2D eigenvalue weighted by atomic mass is 9.97. The van der Waals surface area contributed by atoms with E-state index in [4.69, 9.17) is 4.74 Å². The summed E-state index contributed by atoms with van der Waals surface area (Å²) in [6.45, 7) is 0.538. The van der Waals surface area contributed by atoms with Crippen molar-refractivity contribution < 1.29 is 17.9 Å². The van der Waals surface area contributed by atoms with Crippen molar-refractivity contribution in [2.75, 3.05) is 11.9 Å². The highest BCUT2D eigenvalue weighted by atomic mass is 19.4. The lowest BCUT2D eigenvalue weighted by molar-refractivity contribution is -0.141. The van der Waals surface area contributed by atoms with Crippen LogP contribution in [-0.2, 0) is 10.9 Å². The van der Waals surface area contributed by atoms with Crippen molar-refractivity contribution in [3.05, 3.63) is 53.9 Å². The van der Waals surface area contributed by atoms with E-state index in [1.54, 1.807) is 0 Å². The molecule has 0 bridgehead atoms. The largest absolute Gasteiger partial charge is 0.433 e. The van der Waals surface area contributed by atoms with Gasteiger partial charge in [-0.1, -0.05) is 30.3 Å². The van der Waals surface area contributed by atoms with Crippen LogP contribution in [0.3, 0.4) is 0 Å². The molecule has 1 aliphatic heterocycles. The summed E-state index contributed by atoms with van der Waals surface area (Å²) in [4.78, 5) is 7.43. The summed E-state index contributed by atoms with van der Waals surface area (Å²) in [6.07, 6.45) is -2.08. The molecule has 1 saturated heterocycles. The zero-order valence-electron chi connectivity index (χ0n) is 12.3. The highest BCUT2D eigenvalue weighted by molar-refractivity contribution is 5.28. The van der Waals surface area contributed by atoms with Gasteiger partial charge in [0.25, 0.3) is 0 Å². The van der Waals surface area contributed by atoms with Gasteiger partial charge in [-0.3, -0.25) is 0 Å². The molecule has 0 unspecified atom stereocenters. The van der Waals surface area contributed by atoms with Gasteiger partial charge in [0.05, 0.1) is 6.10 Å². The van der Waals surface area contributed by atoms with Gasteiger partial charge in [0.15, 0.2) is 0 Å². The molecule has 1 fully saturated rings. The molecule has 1 aromatic heterocycles. The number of hydrogen-bond acceptors (Lipinski definition) is 4. The Kier molecular flexibility index (Phi) is 4.47. The Morgan fingerprint density at radius 2 is 1.91 bits per heavy atom. The highest BCUT2D eigenvalue weighted by Gasteiger charge is 2.33. The molecule has 1 aromatic carbocycles. The topological polar surface area (TPSA) is 47.0 Å². The van der Waals surface area contributed by atoms with Crippen LogP contribution < -0.4 is 5.32 Å². The Morgan fingerprint density at radius 3 is 2.65 bits per heavy atom. The van der Waals surface area contributed by atoms with E-state index < -0.39 is 11.9 Å². The van der Waals surface area contributed by atoms with Crippen LogP contribution in [0, 0.1) is 0 Å². The Bertz CT molecular complexity index is 649.